The molecule has 0 atom stereocenters. The second kappa shape index (κ2) is 9.75. The van der Waals surface area contributed by atoms with Crippen LogP contribution < -0.4 is 10.2 Å². The molecule has 1 N–H and O–H groups in total. The van der Waals surface area contributed by atoms with Crippen molar-refractivity contribution in [2.45, 2.75) is 32.6 Å². The Morgan fingerprint density at radius 1 is 1.03 bits per heavy atom. The largest absolute Gasteiger partial charge is 0.462 e. The molecule has 1 aromatic heterocycles. The maximum Gasteiger partial charge on any atom is 0.341 e. The van der Waals surface area contributed by atoms with Crippen LogP contribution in [0.2, 0.25) is 0 Å². The zero-order chi connectivity index (χ0) is 21.7. The molecule has 0 bridgehead atoms. The molecule has 0 unspecified atom stereocenters. The van der Waals surface area contributed by atoms with Crippen molar-refractivity contribution in [3.8, 4) is 0 Å². The van der Waals surface area contributed by atoms with Crippen molar-refractivity contribution < 1.29 is 23.9 Å². The third-order valence-electron chi connectivity index (χ3n) is 4.86. The molecule has 30 heavy (non-hydrogen) atoms. The molecule has 8 heteroatoms. The predicted octanol–water partition coefficient (Wildman–Crippen LogP) is 3.67. The Morgan fingerprint density at radius 2 is 1.73 bits per heavy atom. The number of fused-ring (bicyclic) bond motifs is 1. The van der Waals surface area contributed by atoms with E-state index in [1.807, 2.05) is 19.0 Å². The molecule has 7 nitrogen and oxygen atoms in total. The van der Waals surface area contributed by atoms with E-state index in [1.165, 1.54) is 11.3 Å². The SMILES string of the molecule is CCOC(=O)c1c(NC(=O)COC(=O)c2ccc(N(C)C)cc2)sc2c1CCCC2. The molecule has 1 amide bonds. The number of anilines is 2. The van der Waals surface area contributed by atoms with Crippen LogP contribution in [-0.2, 0) is 27.1 Å². The van der Waals surface area contributed by atoms with Gasteiger partial charge in [0.25, 0.3) is 5.91 Å². The lowest BCUT2D eigenvalue weighted by molar-refractivity contribution is -0.119. The van der Waals surface area contributed by atoms with Gasteiger partial charge in [0.1, 0.15) is 5.00 Å². The zero-order valence-electron chi connectivity index (χ0n) is 17.4. The van der Waals surface area contributed by atoms with Crippen LogP contribution in [0.25, 0.3) is 0 Å². The summed E-state index contributed by atoms with van der Waals surface area (Å²) in [6.45, 7) is 1.58. The van der Waals surface area contributed by atoms with Crippen molar-refractivity contribution in [1.82, 2.24) is 0 Å². The minimum Gasteiger partial charge on any atom is -0.462 e. The quantitative estimate of drug-likeness (QED) is 0.675. The minimum atomic E-state index is -0.577. The molecule has 1 aromatic carbocycles. The maximum absolute atomic E-state index is 12.5. The van der Waals surface area contributed by atoms with Crippen LogP contribution >= 0.6 is 11.3 Å². The molecule has 160 valence electrons. The fraction of sp³-hybridized carbons (Fsp3) is 0.409. The predicted molar refractivity (Wildman–Crippen MR) is 117 cm³/mol. The molecule has 1 aliphatic rings. The summed E-state index contributed by atoms with van der Waals surface area (Å²) in [5.41, 5.74) is 2.73. The van der Waals surface area contributed by atoms with E-state index in [4.69, 9.17) is 9.47 Å². The highest BCUT2D eigenvalue weighted by atomic mass is 32.1. The summed E-state index contributed by atoms with van der Waals surface area (Å²) >= 11 is 1.40. The van der Waals surface area contributed by atoms with Crippen LogP contribution in [-0.4, -0.2) is 45.2 Å². The van der Waals surface area contributed by atoms with Gasteiger partial charge in [0, 0.05) is 24.7 Å². The maximum atomic E-state index is 12.5. The molecule has 1 aliphatic carbocycles. The average molecular weight is 431 g/mol. The van der Waals surface area contributed by atoms with Gasteiger partial charge in [-0.25, -0.2) is 9.59 Å². The van der Waals surface area contributed by atoms with Crippen LogP contribution in [0.3, 0.4) is 0 Å². The number of carbonyl (C=O) groups is 3. The number of thiophene rings is 1. The first-order valence-corrected chi connectivity index (χ1v) is 10.8. The number of nitrogens with zero attached hydrogens (tertiary/aromatic N) is 1. The van der Waals surface area contributed by atoms with Gasteiger partial charge in [-0.3, -0.25) is 4.79 Å². The topological polar surface area (TPSA) is 84.9 Å². The van der Waals surface area contributed by atoms with Gasteiger partial charge in [0.05, 0.1) is 17.7 Å². The standard InChI is InChI=1S/C22H26N2O5S/c1-4-28-22(27)19-16-7-5-6-8-17(16)30-20(19)23-18(25)13-29-21(26)14-9-11-15(12-10-14)24(2)3/h9-12H,4-8,13H2,1-3H3,(H,23,25). The van der Waals surface area contributed by atoms with Crippen LogP contribution in [0, 0.1) is 0 Å². The lowest BCUT2D eigenvalue weighted by Crippen LogP contribution is -2.22. The number of hydrogen-bond acceptors (Lipinski definition) is 7. The van der Waals surface area contributed by atoms with Gasteiger partial charge in [-0.1, -0.05) is 0 Å². The summed E-state index contributed by atoms with van der Waals surface area (Å²) in [6, 6.07) is 6.92. The number of rotatable bonds is 7. The Morgan fingerprint density at radius 3 is 2.40 bits per heavy atom. The molecular weight excluding hydrogens is 404 g/mol. The summed E-state index contributed by atoms with van der Waals surface area (Å²) < 4.78 is 10.3. The summed E-state index contributed by atoms with van der Waals surface area (Å²) in [5, 5.41) is 3.20. The van der Waals surface area contributed by atoms with Gasteiger partial charge in [0.15, 0.2) is 6.61 Å². The van der Waals surface area contributed by atoms with Crippen LogP contribution in [0.5, 0.6) is 0 Å². The van der Waals surface area contributed by atoms with Gasteiger partial charge < -0.3 is 19.7 Å². The number of hydrogen-bond donors (Lipinski definition) is 1. The molecule has 0 spiro atoms. The zero-order valence-corrected chi connectivity index (χ0v) is 18.3. The summed E-state index contributed by atoms with van der Waals surface area (Å²) in [5.74, 6) is -1.49. The third kappa shape index (κ3) is 4.99. The first-order chi connectivity index (χ1) is 14.4. The first kappa shape index (κ1) is 21.8. The molecule has 0 aliphatic heterocycles. The number of aryl methyl sites for hydroxylation is 1. The van der Waals surface area contributed by atoms with Crippen LogP contribution in [0.4, 0.5) is 10.7 Å². The van der Waals surface area contributed by atoms with Crippen molar-refractivity contribution in [1.29, 1.82) is 0 Å². The minimum absolute atomic E-state index is 0.265. The van der Waals surface area contributed by atoms with Crippen LogP contribution in [0.15, 0.2) is 24.3 Å². The van der Waals surface area contributed by atoms with Gasteiger partial charge >= 0.3 is 11.9 Å². The van der Waals surface area contributed by atoms with Crippen molar-refractivity contribution >= 4 is 39.9 Å². The van der Waals surface area contributed by atoms with E-state index >= 15 is 0 Å². The van der Waals surface area contributed by atoms with Gasteiger partial charge in [-0.15, -0.1) is 11.3 Å². The van der Waals surface area contributed by atoms with Crippen molar-refractivity contribution in [3.05, 3.63) is 45.8 Å². The lowest BCUT2D eigenvalue weighted by Gasteiger charge is -2.13. The summed E-state index contributed by atoms with van der Waals surface area (Å²) in [6.07, 6.45) is 3.76. The Bertz CT molecular complexity index is 934. The van der Waals surface area contributed by atoms with E-state index in [2.05, 4.69) is 5.32 Å². The number of nitrogens with one attached hydrogen (secondary N) is 1. The Labute approximate surface area is 180 Å². The molecular formula is C22H26N2O5S. The second-order valence-electron chi connectivity index (χ2n) is 7.20. The number of amides is 1. The highest BCUT2D eigenvalue weighted by Crippen LogP contribution is 2.38. The molecule has 0 radical (unpaired) electrons. The van der Waals surface area contributed by atoms with Crippen molar-refractivity contribution in [2.75, 3.05) is 37.5 Å². The number of carbonyl (C=O) groups excluding carboxylic acids is 3. The molecule has 0 saturated carbocycles. The first-order valence-electron chi connectivity index (χ1n) is 9.96. The normalized spacial score (nSPS) is 12.6. The summed E-state index contributed by atoms with van der Waals surface area (Å²) in [4.78, 5) is 40.1. The van der Waals surface area contributed by atoms with Gasteiger partial charge in [-0.05, 0) is 62.4 Å². The smallest absolute Gasteiger partial charge is 0.341 e. The van der Waals surface area contributed by atoms with E-state index in [1.54, 1.807) is 31.2 Å². The van der Waals surface area contributed by atoms with E-state index in [-0.39, 0.29) is 6.61 Å². The number of ether oxygens (including phenoxy) is 2. The Balaban J connectivity index is 1.65. The summed E-state index contributed by atoms with van der Waals surface area (Å²) in [7, 11) is 3.81. The molecule has 0 saturated heterocycles. The average Bonchev–Trinajstić information content (AvgIpc) is 3.10. The van der Waals surface area contributed by atoms with E-state index < -0.39 is 24.5 Å². The fourth-order valence-corrected chi connectivity index (χ4v) is 4.64. The van der Waals surface area contributed by atoms with Crippen molar-refractivity contribution in [2.24, 2.45) is 0 Å². The Hall–Kier alpha value is -2.87. The molecule has 2 aromatic rings. The van der Waals surface area contributed by atoms with E-state index in [9.17, 15) is 14.4 Å². The third-order valence-corrected chi connectivity index (χ3v) is 6.06. The molecule has 1 heterocycles. The fourth-order valence-electron chi connectivity index (χ4n) is 3.35. The van der Waals surface area contributed by atoms with Crippen molar-refractivity contribution in [3.63, 3.8) is 0 Å². The number of benzene rings is 1. The molecule has 3 rings (SSSR count). The molecule has 0 fully saturated rings. The van der Waals surface area contributed by atoms with Gasteiger partial charge in [-0.2, -0.15) is 0 Å². The highest BCUT2D eigenvalue weighted by Gasteiger charge is 2.27. The lowest BCUT2D eigenvalue weighted by atomic mass is 9.95. The van der Waals surface area contributed by atoms with E-state index in [0.29, 0.717) is 16.1 Å². The van der Waals surface area contributed by atoms with Crippen LogP contribution in [0.1, 0.15) is 50.9 Å². The van der Waals surface area contributed by atoms with E-state index in [0.717, 1.165) is 41.8 Å². The van der Waals surface area contributed by atoms with Gasteiger partial charge in [0.2, 0.25) is 0 Å². The highest BCUT2D eigenvalue weighted by molar-refractivity contribution is 7.17. The monoisotopic (exact) mass is 430 g/mol. The second-order valence-corrected chi connectivity index (χ2v) is 8.31. The Kier molecular flexibility index (Phi) is 7.10. The number of esters is 2.